The third-order valence-corrected chi connectivity index (χ3v) is 5.21. The summed E-state index contributed by atoms with van der Waals surface area (Å²) in [6, 6.07) is 5.41. The molecule has 26 heavy (non-hydrogen) atoms. The highest BCUT2D eigenvalue weighted by molar-refractivity contribution is 5.97. The maximum Gasteiger partial charge on any atom is 0.261 e. The van der Waals surface area contributed by atoms with Crippen LogP contribution in [0.15, 0.2) is 23.0 Å². The second-order valence-corrected chi connectivity index (χ2v) is 7.04. The lowest BCUT2D eigenvalue weighted by Gasteiger charge is -2.23. The van der Waals surface area contributed by atoms with E-state index in [1.807, 2.05) is 4.57 Å². The summed E-state index contributed by atoms with van der Waals surface area (Å²) in [4.78, 5) is 30.0. The van der Waals surface area contributed by atoms with Crippen molar-refractivity contribution in [3.8, 4) is 0 Å². The second kappa shape index (κ2) is 8.18. The quantitative estimate of drug-likeness (QED) is 0.840. The molecule has 1 amide bonds. The number of fused-ring (bicyclic) bond motifs is 2. The highest BCUT2D eigenvalue weighted by Gasteiger charge is 2.18. The Kier molecular flexibility index (Phi) is 5.94. The molecular weight excluding hydrogens is 352 g/mol. The fraction of sp³-hybridized carbons (Fsp3) is 0.526. The fourth-order valence-corrected chi connectivity index (χ4v) is 3.80. The largest absolute Gasteiger partial charge is 0.348 e. The van der Waals surface area contributed by atoms with Crippen LogP contribution in [0.3, 0.4) is 0 Å². The van der Waals surface area contributed by atoms with Crippen LogP contribution in [0.25, 0.3) is 10.9 Å². The third-order valence-electron chi connectivity index (χ3n) is 5.21. The minimum Gasteiger partial charge on any atom is -0.348 e. The molecule has 0 radical (unpaired) electrons. The maximum absolute atomic E-state index is 12.7. The van der Waals surface area contributed by atoms with Gasteiger partial charge in [0, 0.05) is 31.1 Å². The second-order valence-electron chi connectivity index (χ2n) is 7.04. The Labute approximate surface area is 158 Å². The van der Waals surface area contributed by atoms with Gasteiger partial charge in [-0.15, -0.1) is 12.4 Å². The lowest BCUT2D eigenvalue weighted by molar-refractivity contribution is 0.0931. The molecule has 2 N–H and O–H groups in total. The Morgan fingerprint density at radius 2 is 2.12 bits per heavy atom. The molecule has 6 nitrogen and oxygen atoms in total. The van der Waals surface area contributed by atoms with E-state index < -0.39 is 0 Å². The van der Waals surface area contributed by atoms with Crippen molar-refractivity contribution >= 4 is 29.2 Å². The molecule has 0 bridgehead atoms. The first kappa shape index (κ1) is 18.9. The van der Waals surface area contributed by atoms with Gasteiger partial charge in [-0.2, -0.15) is 0 Å². The van der Waals surface area contributed by atoms with Crippen LogP contribution in [0.4, 0.5) is 0 Å². The van der Waals surface area contributed by atoms with Gasteiger partial charge in [-0.1, -0.05) is 6.42 Å². The molecule has 0 aliphatic carbocycles. The molecule has 0 unspecified atom stereocenters. The highest BCUT2D eigenvalue weighted by atomic mass is 35.5. The molecule has 1 saturated heterocycles. The summed E-state index contributed by atoms with van der Waals surface area (Å²) in [5, 5.41) is 6.97. The van der Waals surface area contributed by atoms with Crippen molar-refractivity contribution in [1.82, 2.24) is 20.2 Å². The molecule has 2 aromatic rings. The van der Waals surface area contributed by atoms with Crippen LogP contribution in [0.1, 0.15) is 48.3 Å². The predicted molar refractivity (Wildman–Crippen MR) is 104 cm³/mol. The number of benzene rings is 1. The molecule has 1 atom stereocenters. The Morgan fingerprint density at radius 1 is 1.23 bits per heavy atom. The summed E-state index contributed by atoms with van der Waals surface area (Å²) in [5.41, 5.74) is 1.22. The number of aryl methyl sites for hydroxylation is 1. The molecule has 1 aromatic heterocycles. The number of nitrogens with zero attached hydrogens (tertiary/aromatic N) is 2. The number of halogens is 1. The van der Waals surface area contributed by atoms with E-state index in [-0.39, 0.29) is 29.9 Å². The number of nitrogens with one attached hydrogen (secondary N) is 2. The van der Waals surface area contributed by atoms with E-state index in [4.69, 9.17) is 4.98 Å². The number of aromatic nitrogens is 2. The van der Waals surface area contributed by atoms with Crippen LogP contribution >= 0.6 is 12.4 Å². The molecule has 140 valence electrons. The van der Waals surface area contributed by atoms with Crippen molar-refractivity contribution in [1.29, 1.82) is 0 Å². The topological polar surface area (TPSA) is 76.0 Å². The zero-order chi connectivity index (χ0) is 17.2. The number of piperidine rings is 1. The molecule has 4 rings (SSSR count). The molecule has 7 heteroatoms. The van der Waals surface area contributed by atoms with Gasteiger partial charge in [0.05, 0.1) is 10.9 Å². The Bertz CT molecular complexity index is 858. The zero-order valence-corrected chi connectivity index (χ0v) is 15.6. The first-order valence-electron chi connectivity index (χ1n) is 9.27. The van der Waals surface area contributed by atoms with Crippen molar-refractivity contribution in [3.63, 3.8) is 0 Å². The molecule has 0 spiro atoms. The summed E-state index contributed by atoms with van der Waals surface area (Å²) >= 11 is 0. The normalized spacial score (nSPS) is 19.9. The van der Waals surface area contributed by atoms with Gasteiger partial charge in [-0.3, -0.25) is 14.2 Å². The van der Waals surface area contributed by atoms with E-state index in [1.54, 1.807) is 18.2 Å². The molecule has 0 saturated carbocycles. The van der Waals surface area contributed by atoms with E-state index in [0.29, 0.717) is 16.5 Å². The molecule has 2 aliphatic heterocycles. The summed E-state index contributed by atoms with van der Waals surface area (Å²) in [7, 11) is 0. The van der Waals surface area contributed by atoms with E-state index in [1.165, 1.54) is 0 Å². The van der Waals surface area contributed by atoms with Crippen molar-refractivity contribution in [3.05, 3.63) is 39.9 Å². The summed E-state index contributed by atoms with van der Waals surface area (Å²) < 4.78 is 1.81. The van der Waals surface area contributed by atoms with Crippen molar-refractivity contribution < 1.29 is 4.79 Å². The fourth-order valence-electron chi connectivity index (χ4n) is 3.80. The highest BCUT2D eigenvalue weighted by Crippen LogP contribution is 2.16. The van der Waals surface area contributed by atoms with E-state index >= 15 is 0 Å². The molecule has 2 aliphatic rings. The Balaban J connectivity index is 0.00000196. The van der Waals surface area contributed by atoms with E-state index in [0.717, 1.165) is 64.0 Å². The summed E-state index contributed by atoms with van der Waals surface area (Å²) in [5.74, 6) is 0.761. The van der Waals surface area contributed by atoms with Crippen LogP contribution in [0.5, 0.6) is 0 Å². The van der Waals surface area contributed by atoms with Crippen molar-refractivity contribution in [2.24, 2.45) is 0 Å². The number of rotatable bonds is 2. The minimum atomic E-state index is -0.0903. The molecule has 1 fully saturated rings. The number of amides is 1. The number of carbonyl (C=O) groups excluding carboxylic acids is 1. The van der Waals surface area contributed by atoms with E-state index in [2.05, 4.69) is 10.6 Å². The van der Waals surface area contributed by atoms with Gasteiger partial charge >= 0.3 is 0 Å². The van der Waals surface area contributed by atoms with Gasteiger partial charge in [-0.05, 0) is 50.4 Å². The van der Waals surface area contributed by atoms with Crippen LogP contribution < -0.4 is 16.2 Å². The lowest BCUT2D eigenvalue weighted by atomic mass is 10.1. The maximum atomic E-state index is 12.7. The Morgan fingerprint density at radius 3 is 2.92 bits per heavy atom. The van der Waals surface area contributed by atoms with Gasteiger partial charge in [0.2, 0.25) is 0 Å². The SMILES string of the molecule is Cl.O=C(N[C@H]1CCCNC1)c1ccc2c(=O)n3c(nc2c1)CCCCC3. The molecule has 1 aromatic carbocycles. The van der Waals surface area contributed by atoms with Crippen LogP contribution in [0, 0.1) is 0 Å². The molecule has 3 heterocycles. The standard InChI is InChI=1S/C19H24N4O2.ClH/c24-18(21-14-5-4-9-20-12-14)13-7-8-15-16(11-13)22-17-6-2-1-3-10-23(17)19(15)25;/h7-8,11,14,20H,1-6,9-10,12H2,(H,21,24);1H/t14-;/m0./s1. The monoisotopic (exact) mass is 376 g/mol. The predicted octanol–water partition coefficient (Wildman–Crippen LogP) is 2.03. The van der Waals surface area contributed by atoms with Gasteiger partial charge in [0.15, 0.2) is 0 Å². The third kappa shape index (κ3) is 3.76. The van der Waals surface area contributed by atoms with Gasteiger partial charge in [-0.25, -0.2) is 4.98 Å². The smallest absolute Gasteiger partial charge is 0.261 e. The van der Waals surface area contributed by atoms with E-state index in [9.17, 15) is 9.59 Å². The van der Waals surface area contributed by atoms with Crippen molar-refractivity contribution in [2.75, 3.05) is 13.1 Å². The van der Waals surface area contributed by atoms with Gasteiger partial charge in [0.25, 0.3) is 11.5 Å². The Hall–Kier alpha value is -1.92. The summed E-state index contributed by atoms with van der Waals surface area (Å²) in [6.45, 7) is 2.57. The first-order chi connectivity index (χ1) is 12.2. The zero-order valence-electron chi connectivity index (χ0n) is 14.8. The molecular formula is C19H25ClN4O2. The minimum absolute atomic E-state index is 0. The van der Waals surface area contributed by atoms with Crippen LogP contribution in [-0.2, 0) is 13.0 Å². The van der Waals surface area contributed by atoms with Gasteiger partial charge in [0.1, 0.15) is 5.82 Å². The van der Waals surface area contributed by atoms with Gasteiger partial charge < -0.3 is 10.6 Å². The average Bonchev–Trinajstić information content (AvgIpc) is 2.88. The lowest BCUT2D eigenvalue weighted by Crippen LogP contribution is -2.45. The summed E-state index contributed by atoms with van der Waals surface area (Å²) in [6.07, 6.45) is 6.12. The van der Waals surface area contributed by atoms with Crippen LogP contribution in [0.2, 0.25) is 0 Å². The number of hydrogen-bond acceptors (Lipinski definition) is 4. The first-order valence-corrected chi connectivity index (χ1v) is 9.27. The number of hydrogen-bond donors (Lipinski definition) is 2. The average molecular weight is 377 g/mol. The van der Waals surface area contributed by atoms with Crippen LogP contribution in [-0.4, -0.2) is 34.6 Å². The van der Waals surface area contributed by atoms with Crippen molar-refractivity contribution in [2.45, 2.75) is 51.1 Å². The number of carbonyl (C=O) groups is 1.